The molecule has 1 heterocycles. The van der Waals surface area contributed by atoms with Gasteiger partial charge in [-0.25, -0.2) is 0 Å². The highest BCUT2D eigenvalue weighted by Gasteiger charge is 2.16. The minimum absolute atomic E-state index is 0.0600. The zero-order valence-electron chi connectivity index (χ0n) is 17.1. The van der Waals surface area contributed by atoms with Crippen LogP contribution in [-0.4, -0.2) is 28.8 Å². The number of carbonyl (C=O) groups excluding carboxylic acids is 2. The molecule has 1 aromatic heterocycles. The van der Waals surface area contributed by atoms with Crippen LogP contribution in [0, 0.1) is 10.1 Å². The molecule has 0 fully saturated rings. The van der Waals surface area contributed by atoms with Gasteiger partial charge < -0.3 is 15.4 Å². The highest BCUT2D eigenvalue weighted by atomic mass is 16.6. The summed E-state index contributed by atoms with van der Waals surface area (Å²) in [5, 5.41) is 16.4. The summed E-state index contributed by atoms with van der Waals surface area (Å²) >= 11 is 0. The summed E-state index contributed by atoms with van der Waals surface area (Å²) in [5.74, 6) is -0.480. The molecule has 0 saturated heterocycles. The Balaban J connectivity index is 1.85. The van der Waals surface area contributed by atoms with Gasteiger partial charge in [0, 0.05) is 36.6 Å². The smallest absolute Gasteiger partial charge is 0.270 e. The molecule has 0 aliphatic rings. The third-order valence-corrected chi connectivity index (χ3v) is 4.41. The molecule has 0 bridgehead atoms. The number of nitrogens with zero attached hydrogens (tertiary/aromatic N) is 2. The fourth-order valence-electron chi connectivity index (χ4n) is 2.77. The average Bonchev–Trinajstić information content (AvgIpc) is 2.83. The second-order valence-corrected chi connectivity index (χ2v) is 6.64. The van der Waals surface area contributed by atoms with E-state index in [1.165, 1.54) is 31.4 Å². The van der Waals surface area contributed by atoms with Crippen LogP contribution in [-0.2, 0) is 11.3 Å². The summed E-state index contributed by atoms with van der Waals surface area (Å²) in [6.45, 7) is 0.192. The van der Waals surface area contributed by atoms with Crippen LogP contribution in [0.2, 0.25) is 0 Å². The van der Waals surface area contributed by atoms with Crippen molar-refractivity contribution in [1.29, 1.82) is 0 Å². The number of pyridine rings is 1. The van der Waals surface area contributed by atoms with Gasteiger partial charge >= 0.3 is 0 Å². The van der Waals surface area contributed by atoms with Gasteiger partial charge in [-0.05, 0) is 47.5 Å². The van der Waals surface area contributed by atoms with E-state index in [-0.39, 0.29) is 17.9 Å². The molecule has 0 spiro atoms. The average molecular weight is 432 g/mol. The lowest BCUT2D eigenvalue weighted by molar-refractivity contribution is -0.384. The molecule has 3 rings (SSSR count). The zero-order chi connectivity index (χ0) is 22.9. The summed E-state index contributed by atoms with van der Waals surface area (Å²) in [4.78, 5) is 40.1. The molecule has 2 N–H and O–H groups in total. The van der Waals surface area contributed by atoms with Gasteiger partial charge in [-0.2, -0.15) is 0 Å². The number of nitrogens with one attached hydrogen (secondary N) is 2. The second kappa shape index (κ2) is 10.5. The Labute approximate surface area is 183 Å². The Bertz CT molecular complexity index is 1140. The van der Waals surface area contributed by atoms with Crippen molar-refractivity contribution in [3.63, 3.8) is 0 Å². The molecule has 2 amide bonds. The number of methoxy groups -OCH3 is 1. The standard InChI is InChI=1S/C23H20N4O5/c1-32-20-9-7-18(8-10-20)22(28)26-21(13-16-4-2-6-19(12-16)27(30)31)23(29)25-15-17-5-3-11-24-14-17/h2-14H,15H2,1H3,(H,25,29)(H,26,28). The summed E-state index contributed by atoms with van der Waals surface area (Å²) < 4.78 is 5.08. The van der Waals surface area contributed by atoms with Crippen LogP contribution in [0.4, 0.5) is 5.69 Å². The third kappa shape index (κ3) is 5.99. The lowest BCUT2D eigenvalue weighted by Gasteiger charge is -2.12. The molecular weight excluding hydrogens is 412 g/mol. The molecule has 0 radical (unpaired) electrons. The number of carbonyl (C=O) groups is 2. The summed E-state index contributed by atoms with van der Waals surface area (Å²) in [6, 6.07) is 15.7. The van der Waals surface area contributed by atoms with E-state index in [1.807, 2.05) is 0 Å². The monoisotopic (exact) mass is 432 g/mol. The molecule has 9 nitrogen and oxygen atoms in total. The predicted molar refractivity (Wildman–Crippen MR) is 118 cm³/mol. The number of rotatable bonds is 8. The summed E-state index contributed by atoms with van der Waals surface area (Å²) in [5.41, 5.74) is 1.29. The van der Waals surface area contributed by atoms with Crippen molar-refractivity contribution in [2.24, 2.45) is 0 Å². The van der Waals surface area contributed by atoms with Gasteiger partial charge in [0.2, 0.25) is 0 Å². The van der Waals surface area contributed by atoms with Crippen LogP contribution in [0.25, 0.3) is 6.08 Å². The molecule has 0 unspecified atom stereocenters. The number of hydrogen-bond donors (Lipinski definition) is 2. The Kier molecular flexibility index (Phi) is 7.26. The second-order valence-electron chi connectivity index (χ2n) is 6.64. The van der Waals surface area contributed by atoms with Crippen LogP contribution in [0.1, 0.15) is 21.5 Å². The van der Waals surface area contributed by atoms with E-state index in [1.54, 1.807) is 54.9 Å². The van der Waals surface area contributed by atoms with Crippen molar-refractivity contribution in [3.05, 3.63) is 106 Å². The van der Waals surface area contributed by atoms with Crippen LogP contribution in [0.3, 0.4) is 0 Å². The van der Waals surface area contributed by atoms with Crippen molar-refractivity contribution >= 4 is 23.6 Å². The van der Waals surface area contributed by atoms with Crippen LogP contribution in [0.15, 0.2) is 78.8 Å². The van der Waals surface area contributed by atoms with Gasteiger partial charge in [-0.3, -0.25) is 24.7 Å². The topological polar surface area (TPSA) is 123 Å². The first-order valence-corrected chi connectivity index (χ1v) is 9.55. The molecule has 3 aromatic rings. The number of ether oxygens (including phenoxy) is 1. The van der Waals surface area contributed by atoms with Gasteiger partial charge in [-0.1, -0.05) is 18.2 Å². The van der Waals surface area contributed by atoms with Crippen LogP contribution in [0.5, 0.6) is 5.75 Å². The molecule has 0 saturated carbocycles. The quantitative estimate of drug-likeness (QED) is 0.320. The molecule has 0 aliphatic heterocycles. The lowest BCUT2D eigenvalue weighted by Crippen LogP contribution is -2.34. The predicted octanol–water partition coefficient (Wildman–Crippen LogP) is 3.09. The largest absolute Gasteiger partial charge is 0.497 e. The van der Waals surface area contributed by atoms with E-state index in [0.717, 1.165) is 5.56 Å². The normalized spacial score (nSPS) is 10.8. The fraction of sp³-hybridized carbons (Fsp3) is 0.0870. The highest BCUT2D eigenvalue weighted by molar-refractivity contribution is 6.05. The van der Waals surface area contributed by atoms with Crippen LogP contribution >= 0.6 is 0 Å². The van der Waals surface area contributed by atoms with Gasteiger partial charge in [-0.15, -0.1) is 0 Å². The van der Waals surface area contributed by atoms with Gasteiger partial charge in [0.05, 0.1) is 12.0 Å². The first-order chi connectivity index (χ1) is 15.5. The molecule has 32 heavy (non-hydrogen) atoms. The van der Waals surface area contributed by atoms with Crippen molar-refractivity contribution < 1.29 is 19.2 Å². The number of amides is 2. The highest BCUT2D eigenvalue weighted by Crippen LogP contribution is 2.16. The minimum atomic E-state index is -0.553. The number of nitro groups is 1. The maximum atomic E-state index is 12.8. The van der Waals surface area contributed by atoms with E-state index in [0.29, 0.717) is 16.9 Å². The number of aromatic nitrogens is 1. The van der Waals surface area contributed by atoms with Gasteiger partial charge in [0.25, 0.3) is 17.5 Å². The number of benzene rings is 2. The van der Waals surface area contributed by atoms with Crippen LogP contribution < -0.4 is 15.4 Å². The number of non-ortho nitro benzene ring substituents is 1. The molecule has 9 heteroatoms. The van der Waals surface area contributed by atoms with E-state index < -0.39 is 16.7 Å². The fourth-order valence-corrected chi connectivity index (χ4v) is 2.77. The minimum Gasteiger partial charge on any atom is -0.497 e. The number of nitro benzene ring substituents is 1. The first kappa shape index (κ1) is 22.2. The molecular formula is C23H20N4O5. The molecule has 162 valence electrons. The number of hydrogen-bond acceptors (Lipinski definition) is 6. The maximum Gasteiger partial charge on any atom is 0.270 e. The Hall–Kier alpha value is -4.53. The summed E-state index contributed by atoms with van der Waals surface area (Å²) in [6.07, 6.45) is 4.61. The van der Waals surface area contributed by atoms with Crippen molar-refractivity contribution in [2.45, 2.75) is 6.54 Å². The zero-order valence-corrected chi connectivity index (χ0v) is 17.1. The van der Waals surface area contributed by atoms with E-state index >= 15 is 0 Å². The third-order valence-electron chi connectivity index (χ3n) is 4.41. The molecule has 0 aliphatic carbocycles. The van der Waals surface area contributed by atoms with Crippen molar-refractivity contribution in [3.8, 4) is 5.75 Å². The Morgan fingerprint density at radius 2 is 1.91 bits per heavy atom. The summed E-state index contributed by atoms with van der Waals surface area (Å²) in [7, 11) is 1.52. The molecule has 2 aromatic carbocycles. The SMILES string of the molecule is COc1ccc(C(=O)NC(=Cc2cccc([N+](=O)[O-])c2)C(=O)NCc2cccnc2)cc1. The Morgan fingerprint density at radius 3 is 2.56 bits per heavy atom. The van der Waals surface area contributed by atoms with Crippen molar-refractivity contribution in [1.82, 2.24) is 15.6 Å². The lowest BCUT2D eigenvalue weighted by atomic mass is 10.1. The maximum absolute atomic E-state index is 12.8. The van der Waals surface area contributed by atoms with E-state index in [2.05, 4.69) is 15.6 Å². The van der Waals surface area contributed by atoms with Gasteiger partial charge in [0.1, 0.15) is 11.4 Å². The first-order valence-electron chi connectivity index (χ1n) is 9.55. The van der Waals surface area contributed by atoms with Crippen molar-refractivity contribution in [2.75, 3.05) is 7.11 Å². The Morgan fingerprint density at radius 1 is 1.12 bits per heavy atom. The molecule has 0 atom stereocenters. The van der Waals surface area contributed by atoms with E-state index in [9.17, 15) is 19.7 Å². The van der Waals surface area contributed by atoms with E-state index in [4.69, 9.17) is 4.74 Å². The van der Waals surface area contributed by atoms with Gasteiger partial charge in [0.15, 0.2) is 0 Å².